The van der Waals surface area contributed by atoms with E-state index in [4.69, 9.17) is 5.11 Å². The third-order valence-electron chi connectivity index (χ3n) is 1.60. The standard InChI is InChI=1S/C7H5O2.C3H9N.Sn/c8-7(9)6-4-2-1-3-5-6;1-4(2)3;/h2-5H,(H,8,9);1-3H3;/q;;+1. The van der Waals surface area contributed by atoms with Gasteiger partial charge in [-0.1, -0.05) is 0 Å². The first kappa shape index (κ1) is 11.5. The topological polar surface area (TPSA) is 37.3 Å². The van der Waals surface area contributed by atoms with Crippen LogP contribution in [0.2, 0.25) is 0 Å². The van der Waals surface area contributed by atoms with Crippen molar-refractivity contribution >= 4 is 31.0 Å². The Morgan fingerprint density at radius 1 is 1.21 bits per heavy atom. The van der Waals surface area contributed by atoms with Crippen molar-refractivity contribution in [2.45, 2.75) is 0 Å². The van der Waals surface area contributed by atoms with Crippen molar-refractivity contribution in [3.8, 4) is 0 Å². The molecule has 0 saturated heterocycles. The van der Waals surface area contributed by atoms with Crippen molar-refractivity contribution in [2.75, 3.05) is 21.1 Å². The van der Waals surface area contributed by atoms with Crippen LogP contribution in [0.1, 0.15) is 10.4 Å². The van der Waals surface area contributed by atoms with Crippen LogP contribution in [0, 0.1) is 0 Å². The molecular formula is C10H14NO2Sn+. The second kappa shape index (κ2) is 4.31. The molecule has 0 saturated carbocycles. The van der Waals surface area contributed by atoms with Crippen LogP contribution in [-0.2, 0) is 0 Å². The third-order valence-corrected chi connectivity index (χ3v) is 5.20. The summed E-state index contributed by atoms with van der Waals surface area (Å²) in [7, 11) is 6.53. The number of rotatable bonds is 3. The number of quaternary nitrogens is 1. The molecule has 0 aromatic heterocycles. The Balaban J connectivity index is 2.79. The first-order valence-electron chi connectivity index (χ1n) is 4.31. The molecule has 0 spiro atoms. The summed E-state index contributed by atoms with van der Waals surface area (Å²) in [6.45, 7) is 0. The van der Waals surface area contributed by atoms with E-state index >= 15 is 0 Å². The quantitative estimate of drug-likeness (QED) is 0.817. The van der Waals surface area contributed by atoms with E-state index in [1.165, 1.54) is 3.58 Å². The minimum absolute atomic E-state index is 0.370. The molecule has 0 unspecified atom stereocenters. The Morgan fingerprint density at radius 3 is 2.07 bits per heavy atom. The first-order valence-corrected chi connectivity index (χ1v) is 7.02. The van der Waals surface area contributed by atoms with Crippen LogP contribution < -0.4 is 3.58 Å². The average Bonchev–Trinajstić information content (AvgIpc) is 2.02. The van der Waals surface area contributed by atoms with Crippen LogP contribution in [0.3, 0.4) is 0 Å². The molecule has 0 aliphatic rings. The van der Waals surface area contributed by atoms with Gasteiger partial charge in [0.2, 0.25) is 0 Å². The Hall–Kier alpha value is -0.551. The van der Waals surface area contributed by atoms with Gasteiger partial charge in [-0.05, 0) is 0 Å². The second-order valence-corrected chi connectivity index (χ2v) is 10.1. The summed E-state index contributed by atoms with van der Waals surface area (Å²) >= 11 is -0.654. The zero-order chi connectivity index (χ0) is 10.8. The van der Waals surface area contributed by atoms with Crippen molar-refractivity contribution in [1.29, 1.82) is 0 Å². The molecule has 3 nitrogen and oxygen atoms in total. The van der Waals surface area contributed by atoms with E-state index in [0.717, 1.165) is 2.70 Å². The van der Waals surface area contributed by atoms with E-state index in [-0.39, 0.29) is 0 Å². The molecule has 74 valence electrons. The molecule has 0 aliphatic heterocycles. The summed E-state index contributed by atoms with van der Waals surface area (Å²) in [5.74, 6) is -0.854. The van der Waals surface area contributed by atoms with Gasteiger partial charge in [0.05, 0.1) is 0 Å². The molecule has 0 heterocycles. The molecule has 0 atom stereocenters. The maximum absolute atomic E-state index is 10.6. The zero-order valence-electron chi connectivity index (χ0n) is 8.61. The number of carboxylic acids is 1. The number of nitrogens with zero attached hydrogens (tertiary/aromatic N) is 1. The molecule has 1 N–H and O–H groups in total. The molecule has 14 heavy (non-hydrogen) atoms. The van der Waals surface area contributed by atoms with E-state index in [9.17, 15) is 4.79 Å². The summed E-state index contributed by atoms with van der Waals surface area (Å²) < 4.78 is 2.33. The SMILES string of the molecule is C[N+](C)(C)[Sn][c]1ccc(C(=O)O)cc1. The van der Waals surface area contributed by atoms with Crippen molar-refractivity contribution < 1.29 is 12.6 Å². The Bertz CT molecular complexity index is 327. The van der Waals surface area contributed by atoms with Gasteiger partial charge in [0.1, 0.15) is 0 Å². The van der Waals surface area contributed by atoms with E-state index in [1.54, 1.807) is 12.1 Å². The van der Waals surface area contributed by atoms with Gasteiger partial charge in [-0.2, -0.15) is 0 Å². The first-order chi connectivity index (χ1) is 6.38. The summed E-state index contributed by atoms with van der Waals surface area (Å²) in [6.07, 6.45) is 0. The van der Waals surface area contributed by atoms with Gasteiger partial charge in [0, 0.05) is 0 Å². The number of hydrogen-bond acceptors (Lipinski definition) is 1. The van der Waals surface area contributed by atoms with Crippen LogP contribution in [0.4, 0.5) is 0 Å². The van der Waals surface area contributed by atoms with Gasteiger partial charge < -0.3 is 0 Å². The van der Waals surface area contributed by atoms with E-state index < -0.39 is 27.4 Å². The van der Waals surface area contributed by atoms with Crippen molar-refractivity contribution in [1.82, 2.24) is 0 Å². The molecular weight excluding hydrogens is 285 g/mol. The van der Waals surface area contributed by atoms with Crippen molar-refractivity contribution in [3.05, 3.63) is 29.8 Å². The summed E-state index contributed by atoms with van der Waals surface area (Å²) in [4.78, 5) is 10.6. The van der Waals surface area contributed by atoms with Crippen LogP contribution in [0.25, 0.3) is 0 Å². The fourth-order valence-electron chi connectivity index (χ4n) is 1.07. The number of aromatic carboxylic acids is 1. The van der Waals surface area contributed by atoms with Gasteiger partial charge in [-0.3, -0.25) is 0 Å². The van der Waals surface area contributed by atoms with E-state index in [0.29, 0.717) is 5.56 Å². The molecule has 1 rings (SSSR count). The monoisotopic (exact) mass is 300 g/mol. The third kappa shape index (κ3) is 3.67. The molecule has 0 aliphatic carbocycles. The number of carboxylic acid groups (broad SMARTS) is 1. The Kier molecular flexibility index (Phi) is 3.55. The van der Waals surface area contributed by atoms with E-state index in [1.807, 2.05) is 12.1 Å². The zero-order valence-corrected chi connectivity index (χ0v) is 11.5. The minimum atomic E-state index is -0.854. The van der Waals surface area contributed by atoms with Crippen LogP contribution in [0.5, 0.6) is 0 Å². The number of benzene rings is 1. The predicted octanol–water partition coefficient (Wildman–Crippen LogP) is 0.335. The van der Waals surface area contributed by atoms with Crippen LogP contribution >= 0.6 is 0 Å². The van der Waals surface area contributed by atoms with Gasteiger partial charge in [0.15, 0.2) is 0 Å². The summed E-state index contributed by atoms with van der Waals surface area (Å²) in [5, 5.41) is 8.72. The molecule has 0 amide bonds. The molecule has 4 heteroatoms. The van der Waals surface area contributed by atoms with Gasteiger partial charge in [-0.25, -0.2) is 0 Å². The van der Waals surface area contributed by atoms with Crippen molar-refractivity contribution in [2.24, 2.45) is 0 Å². The van der Waals surface area contributed by atoms with Gasteiger partial charge in [0.25, 0.3) is 0 Å². The van der Waals surface area contributed by atoms with Gasteiger partial charge in [-0.15, -0.1) is 0 Å². The fourth-order valence-corrected chi connectivity index (χ4v) is 4.19. The maximum atomic E-state index is 10.6. The van der Waals surface area contributed by atoms with Crippen molar-refractivity contribution in [3.63, 3.8) is 0 Å². The number of hydrogen-bond donors (Lipinski definition) is 1. The predicted molar refractivity (Wildman–Crippen MR) is 56.8 cm³/mol. The molecule has 1 aromatic carbocycles. The molecule has 0 bridgehead atoms. The van der Waals surface area contributed by atoms with Crippen LogP contribution in [0.15, 0.2) is 24.3 Å². The van der Waals surface area contributed by atoms with Gasteiger partial charge >= 0.3 is 94.5 Å². The van der Waals surface area contributed by atoms with Crippen LogP contribution in [-0.4, -0.2) is 56.3 Å². The molecule has 2 radical (unpaired) electrons. The fraction of sp³-hybridized carbons (Fsp3) is 0.300. The Morgan fingerprint density at radius 2 is 1.71 bits per heavy atom. The van der Waals surface area contributed by atoms with E-state index in [2.05, 4.69) is 21.1 Å². The average molecular weight is 299 g/mol. The summed E-state index contributed by atoms with van der Waals surface area (Å²) in [5.41, 5.74) is 0.370. The number of carbonyl (C=O) groups is 1. The second-order valence-electron chi connectivity index (χ2n) is 4.01. The molecule has 0 fully saturated rings. The Labute approximate surface area is 94.5 Å². The molecule has 1 aromatic rings. The summed E-state index contributed by atoms with van der Waals surface area (Å²) in [6, 6.07) is 7.26. The normalized spacial score (nSPS) is 11.4.